The molecular weight excluding hydrogens is 604 g/mol. The fraction of sp³-hybridized carbons (Fsp3) is 0.222. The Morgan fingerprint density at radius 2 is 1.65 bits per heavy atom. The third kappa shape index (κ3) is 5.74. The second-order valence-corrected chi connectivity index (χ2v) is 13.9. The normalized spacial score (nSPS) is 14.7. The summed E-state index contributed by atoms with van der Waals surface area (Å²) in [6.07, 6.45) is 8.43. The first kappa shape index (κ1) is 30.0. The van der Waals surface area contributed by atoms with Crippen molar-refractivity contribution in [3.05, 3.63) is 126 Å². The first-order valence-electron chi connectivity index (χ1n) is 15.2. The summed E-state index contributed by atoms with van der Waals surface area (Å²) >= 11 is 0. The molecule has 0 radical (unpaired) electrons. The second-order valence-electron chi connectivity index (χ2n) is 12.1. The van der Waals surface area contributed by atoms with E-state index in [4.69, 9.17) is 0 Å². The molecule has 46 heavy (non-hydrogen) atoms. The number of aryl methyl sites for hydroxylation is 1. The summed E-state index contributed by atoms with van der Waals surface area (Å²) in [5.74, 6) is -0.392. The predicted octanol–water partition coefficient (Wildman–Crippen LogP) is 7.25. The van der Waals surface area contributed by atoms with Gasteiger partial charge >= 0.3 is 0 Å². The van der Waals surface area contributed by atoms with Crippen LogP contribution in [-0.2, 0) is 16.6 Å². The molecule has 0 atom stereocenters. The Morgan fingerprint density at radius 1 is 0.870 bits per heavy atom. The summed E-state index contributed by atoms with van der Waals surface area (Å²) in [4.78, 5) is 7.04. The number of nitrogens with zero attached hydrogens (tertiary/aromatic N) is 5. The molecule has 1 fully saturated rings. The van der Waals surface area contributed by atoms with Crippen LogP contribution in [0, 0.1) is 18.6 Å². The minimum atomic E-state index is -4.00. The third-order valence-electron chi connectivity index (χ3n) is 8.86. The maximum Gasteiger partial charge on any atom is 0.269 e. The molecule has 7 rings (SSSR count). The van der Waals surface area contributed by atoms with Gasteiger partial charge in [0.05, 0.1) is 17.6 Å². The molecule has 234 valence electrons. The van der Waals surface area contributed by atoms with Crippen molar-refractivity contribution in [3.8, 4) is 22.3 Å². The standard InChI is InChI=1S/C36H33F2N5O2S/c1-24-6-9-31(10-7-24)46(44,45)43-23-34(29-20-40-42(22-29)21-25-4-3-5-30(37)16-25)33-17-28(19-39-36(33)43)27-8-11-32(35(38)18-27)26-12-14-41(2)15-13-26/h3-11,16-20,22-23,26H,12-15,21H2,1-2H3. The van der Waals surface area contributed by atoms with Crippen LogP contribution in [0.1, 0.15) is 35.4 Å². The van der Waals surface area contributed by atoms with Crippen LogP contribution in [0.5, 0.6) is 0 Å². The molecule has 0 aliphatic carbocycles. The maximum atomic E-state index is 15.5. The minimum absolute atomic E-state index is 0.140. The van der Waals surface area contributed by atoms with Gasteiger partial charge in [-0.2, -0.15) is 5.10 Å². The molecule has 0 bridgehead atoms. The van der Waals surface area contributed by atoms with Crippen LogP contribution in [0.25, 0.3) is 33.3 Å². The first-order chi connectivity index (χ1) is 22.2. The van der Waals surface area contributed by atoms with Crippen LogP contribution in [0.2, 0.25) is 0 Å². The summed E-state index contributed by atoms with van der Waals surface area (Å²) in [7, 11) is -1.92. The molecule has 0 unspecified atom stereocenters. The van der Waals surface area contributed by atoms with E-state index in [2.05, 4.69) is 22.0 Å². The topological polar surface area (TPSA) is 73.0 Å². The van der Waals surface area contributed by atoms with E-state index < -0.39 is 10.0 Å². The summed E-state index contributed by atoms with van der Waals surface area (Å²) in [6, 6.07) is 20.2. The monoisotopic (exact) mass is 637 g/mol. The zero-order chi connectivity index (χ0) is 32.0. The van der Waals surface area contributed by atoms with Crippen LogP contribution in [0.3, 0.4) is 0 Å². The Morgan fingerprint density at radius 3 is 2.39 bits per heavy atom. The highest BCUT2D eigenvalue weighted by molar-refractivity contribution is 7.90. The minimum Gasteiger partial charge on any atom is -0.306 e. The number of hydrogen-bond donors (Lipinski definition) is 0. The van der Waals surface area contributed by atoms with Crippen molar-refractivity contribution < 1.29 is 17.2 Å². The van der Waals surface area contributed by atoms with Crippen molar-refractivity contribution in [1.82, 2.24) is 23.6 Å². The van der Waals surface area contributed by atoms with E-state index in [1.165, 1.54) is 16.1 Å². The molecule has 1 aliphatic rings. The zero-order valence-corrected chi connectivity index (χ0v) is 26.4. The van der Waals surface area contributed by atoms with Gasteiger partial charge in [-0.05, 0) is 98.9 Å². The number of piperidine rings is 1. The van der Waals surface area contributed by atoms with Gasteiger partial charge in [0, 0.05) is 40.7 Å². The molecule has 3 aromatic heterocycles. The van der Waals surface area contributed by atoms with Gasteiger partial charge in [0.2, 0.25) is 0 Å². The average Bonchev–Trinajstić information content (AvgIpc) is 3.66. The zero-order valence-electron chi connectivity index (χ0n) is 25.6. The van der Waals surface area contributed by atoms with Crippen LogP contribution in [-0.4, -0.2) is 52.2 Å². The number of halogens is 2. The molecule has 1 aliphatic heterocycles. The molecule has 10 heteroatoms. The highest BCUT2D eigenvalue weighted by Gasteiger charge is 2.25. The van der Waals surface area contributed by atoms with Gasteiger partial charge in [-0.1, -0.05) is 42.0 Å². The number of hydrogen-bond acceptors (Lipinski definition) is 5. The van der Waals surface area contributed by atoms with Gasteiger partial charge in [0.25, 0.3) is 10.0 Å². The van der Waals surface area contributed by atoms with E-state index in [9.17, 15) is 12.8 Å². The van der Waals surface area contributed by atoms with E-state index in [1.54, 1.807) is 65.9 Å². The van der Waals surface area contributed by atoms with Gasteiger partial charge < -0.3 is 4.90 Å². The van der Waals surface area contributed by atoms with E-state index in [0.29, 0.717) is 34.2 Å². The molecule has 1 saturated heterocycles. The van der Waals surface area contributed by atoms with Crippen LogP contribution in [0.15, 0.2) is 102 Å². The lowest BCUT2D eigenvalue weighted by molar-refractivity contribution is 0.253. The van der Waals surface area contributed by atoms with Gasteiger partial charge in [0.1, 0.15) is 11.6 Å². The largest absolute Gasteiger partial charge is 0.306 e. The Hall–Kier alpha value is -4.67. The van der Waals surface area contributed by atoms with Crippen LogP contribution < -0.4 is 0 Å². The smallest absolute Gasteiger partial charge is 0.269 e. The number of rotatable bonds is 7. The van der Waals surface area contributed by atoms with Gasteiger partial charge in [-0.3, -0.25) is 4.68 Å². The molecule has 3 aromatic carbocycles. The van der Waals surface area contributed by atoms with Crippen molar-refractivity contribution in [2.45, 2.75) is 37.1 Å². The van der Waals surface area contributed by atoms with Crippen LogP contribution >= 0.6 is 0 Å². The van der Waals surface area contributed by atoms with E-state index in [-0.39, 0.29) is 28.1 Å². The molecule has 7 nitrogen and oxygen atoms in total. The fourth-order valence-corrected chi connectivity index (χ4v) is 7.57. The fourth-order valence-electron chi connectivity index (χ4n) is 6.24. The Labute approximate surface area is 266 Å². The van der Waals surface area contributed by atoms with Gasteiger partial charge in [0.15, 0.2) is 5.65 Å². The molecule has 4 heterocycles. The summed E-state index contributed by atoms with van der Waals surface area (Å²) in [6.45, 7) is 4.12. The SMILES string of the molecule is Cc1ccc(S(=O)(=O)n2cc(-c3cnn(Cc4cccc(F)c4)c3)c3cc(-c4ccc(C5CCN(C)CC5)c(F)c4)cnc32)cc1. The highest BCUT2D eigenvalue weighted by Crippen LogP contribution is 2.36. The lowest BCUT2D eigenvalue weighted by Crippen LogP contribution is -2.29. The van der Waals surface area contributed by atoms with E-state index in [1.807, 2.05) is 31.2 Å². The average molecular weight is 638 g/mol. The Bertz CT molecular complexity index is 2160. The van der Waals surface area contributed by atoms with Crippen LogP contribution in [0.4, 0.5) is 8.78 Å². The molecular formula is C36H33F2N5O2S. The summed E-state index contributed by atoms with van der Waals surface area (Å²) in [5.41, 5.74) is 5.27. The predicted molar refractivity (Wildman–Crippen MR) is 175 cm³/mol. The van der Waals surface area contributed by atoms with E-state index >= 15 is 4.39 Å². The molecule has 6 aromatic rings. The second kappa shape index (κ2) is 11.9. The van der Waals surface area contributed by atoms with Crippen molar-refractivity contribution in [2.24, 2.45) is 0 Å². The number of fused-ring (bicyclic) bond motifs is 1. The van der Waals surface area contributed by atoms with Crippen molar-refractivity contribution in [2.75, 3.05) is 20.1 Å². The number of likely N-dealkylation sites (tertiary alicyclic amines) is 1. The lowest BCUT2D eigenvalue weighted by Gasteiger charge is -2.29. The van der Waals surface area contributed by atoms with E-state index in [0.717, 1.165) is 42.6 Å². The molecule has 0 N–H and O–H groups in total. The molecule has 0 saturated carbocycles. The van der Waals surface area contributed by atoms with Crippen molar-refractivity contribution in [1.29, 1.82) is 0 Å². The molecule has 0 spiro atoms. The third-order valence-corrected chi connectivity index (χ3v) is 10.5. The van der Waals surface area contributed by atoms with Crippen molar-refractivity contribution >= 4 is 21.1 Å². The highest BCUT2D eigenvalue weighted by atomic mass is 32.2. The lowest BCUT2D eigenvalue weighted by atomic mass is 9.88. The van der Waals surface area contributed by atoms with Gasteiger partial charge in [-0.15, -0.1) is 0 Å². The first-order valence-corrected chi connectivity index (χ1v) is 16.7. The summed E-state index contributed by atoms with van der Waals surface area (Å²) < 4.78 is 60.0. The Kier molecular flexibility index (Phi) is 7.78. The number of pyridine rings is 1. The number of benzene rings is 3. The number of aromatic nitrogens is 4. The Balaban J connectivity index is 1.31. The quantitative estimate of drug-likeness (QED) is 0.184. The molecule has 0 amide bonds. The van der Waals surface area contributed by atoms with Crippen molar-refractivity contribution in [3.63, 3.8) is 0 Å². The van der Waals surface area contributed by atoms with Gasteiger partial charge in [-0.25, -0.2) is 26.2 Å². The maximum absolute atomic E-state index is 15.5. The summed E-state index contributed by atoms with van der Waals surface area (Å²) in [5, 5.41) is 5.06.